The summed E-state index contributed by atoms with van der Waals surface area (Å²) in [6.07, 6.45) is 2.38. The molecule has 2 amide bonds. The lowest BCUT2D eigenvalue weighted by molar-refractivity contribution is 0.229. The molecule has 96 valence electrons. The minimum Gasteiger partial charge on any atom is -0.330 e. The van der Waals surface area contributed by atoms with Crippen molar-refractivity contribution in [2.45, 2.75) is 18.3 Å². The molecule has 1 saturated heterocycles. The lowest BCUT2D eigenvalue weighted by atomic mass is 9.96. The van der Waals surface area contributed by atoms with Crippen LogP contribution in [0, 0.1) is 0 Å². The molecular weight excluding hydrogens is 226 g/mol. The topological polar surface area (TPSA) is 49.6 Å². The maximum Gasteiger partial charge on any atom is 0.324 e. The number of carbonyl (C=O) groups is 1. The number of hydrogen-bond donors (Lipinski definition) is 1. The Labute approximate surface area is 107 Å². The number of nitrogens with two attached hydrogens (primary N) is 1. The minimum atomic E-state index is 0.0858. The van der Waals surface area contributed by atoms with E-state index in [4.69, 9.17) is 5.73 Å². The molecular formula is C14H19N3O. The Kier molecular flexibility index (Phi) is 2.55. The molecule has 2 fully saturated rings. The molecule has 4 heteroatoms. The van der Waals surface area contributed by atoms with Crippen molar-refractivity contribution in [3.63, 3.8) is 0 Å². The molecule has 2 aliphatic rings. The third-order valence-corrected chi connectivity index (χ3v) is 4.25. The first-order chi connectivity index (χ1) is 8.66. The molecule has 1 saturated carbocycles. The summed E-state index contributed by atoms with van der Waals surface area (Å²) in [5, 5.41) is 0. The van der Waals surface area contributed by atoms with E-state index in [1.807, 2.05) is 24.1 Å². The van der Waals surface area contributed by atoms with Gasteiger partial charge in [0.25, 0.3) is 0 Å². The Morgan fingerprint density at radius 3 is 2.33 bits per heavy atom. The minimum absolute atomic E-state index is 0.0858. The molecule has 1 aromatic rings. The van der Waals surface area contributed by atoms with Gasteiger partial charge in [0.05, 0.1) is 0 Å². The van der Waals surface area contributed by atoms with Crippen LogP contribution >= 0.6 is 0 Å². The van der Waals surface area contributed by atoms with Crippen molar-refractivity contribution in [2.24, 2.45) is 5.73 Å². The summed E-state index contributed by atoms with van der Waals surface area (Å²) in [6.45, 7) is 2.29. The Bertz CT molecular complexity index is 464. The zero-order chi connectivity index (χ0) is 12.8. The van der Waals surface area contributed by atoms with Crippen LogP contribution in [0.4, 0.5) is 10.5 Å². The molecule has 0 spiro atoms. The second kappa shape index (κ2) is 3.99. The van der Waals surface area contributed by atoms with E-state index in [0.717, 1.165) is 25.3 Å². The molecule has 3 rings (SSSR count). The average Bonchev–Trinajstić information content (AvgIpc) is 3.14. The van der Waals surface area contributed by atoms with Gasteiger partial charge in [0, 0.05) is 37.8 Å². The molecule has 4 nitrogen and oxygen atoms in total. The summed E-state index contributed by atoms with van der Waals surface area (Å²) in [5.74, 6) is 0. The fourth-order valence-electron chi connectivity index (χ4n) is 2.64. The van der Waals surface area contributed by atoms with E-state index in [9.17, 15) is 4.79 Å². The standard InChI is InChI=1S/C14H19N3O/c1-16-8-9-17(13(16)18)12-4-2-11(3-5-12)14(10-15)6-7-14/h2-5H,6-10,15H2,1H3. The summed E-state index contributed by atoms with van der Waals surface area (Å²) in [6, 6.07) is 8.42. The molecule has 0 radical (unpaired) electrons. The van der Waals surface area contributed by atoms with Crippen molar-refractivity contribution in [1.82, 2.24) is 4.90 Å². The van der Waals surface area contributed by atoms with Gasteiger partial charge in [-0.05, 0) is 30.5 Å². The lowest BCUT2D eigenvalue weighted by Crippen LogP contribution is -2.29. The summed E-state index contributed by atoms with van der Waals surface area (Å²) >= 11 is 0. The second-order valence-electron chi connectivity index (χ2n) is 5.39. The molecule has 18 heavy (non-hydrogen) atoms. The van der Waals surface area contributed by atoms with E-state index in [-0.39, 0.29) is 11.4 Å². The molecule has 1 aliphatic carbocycles. The van der Waals surface area contributed by atoms with E-state index >= 15 is 0 Å². The van der Waals surface area contributed by atoms with Crippen molar-refractivity contribution in [2.75, 3.05) is 31.6 Å². The van der Waals surface area contributed by atoms with Crippen LogP contribution in [0.3, 0.4) is 0 Å². The molecule has 1 aliphatic heterocycles. The van der Waals surface area contributed by atoms with Crippen LogP contribution in [0.15, 0.2) is 24.3 Å². The van der Waals surface area contributed by atoms with Crippen LogP contribution in [0.2, 0.25) is 0 Å². The SMILES string of the molecule is CN1CCN(c2ccc(C3(CN)CC3)cc2)C1=O. The van der Waals surface area contributed by atoms with Gasteiger partial charge >= 0.3 is 6.03 Å². The van der Waals surface area contributed by atoms with Crippen LogP contribution in [0.5, 0.6) is 0 Å². The number of benzene rings is 1. The van der Waals surface area contributed by atoms with E-state index in [1.54, 1.807) is 4.90 Å². The Balaban J connectivity index is 1.82. The van der Waals surface area contributed by atoms with E-state index in [0.29, 0.717) is 0 Å². The Hall–Kier alpha value is -1.55. The van der Waals surface area contributed by atoms with E-state index in [2.05, 4.69) is 12.1 Å². The predicted octanol–water partition coefficient (Wildman–Crippen LogP) is 1.55. The van der Waals surface area contributed by atoms with E-state index < -0.39 is 0 Å². The van der Waals surface area contributed by atoms with Crippen molar-refractivity contribution in [3.8, 4) is 0 Å². The van der Waals surface area contributed by atoms with Crippen LogP contribution in [0.1, 0.15) is 18.4 Å². The summed E-state index contributed by atoms with van der Waals surface area (Å²) in [7, 11) is 1.84. The molecule has 0 aromatic heterocycles. The van der Waals surface area contributed by atoms with Crippen molar-refractivity contribution >= 4 is 11.7 Å². The van der Waals surface area contributed by atoms with Gasteiger partial charge in [0.1, 0.15) is 0 Å². The highest BCUT2D eigenvalue weighted by Crippen LogP contribution is 2.47. The number of anilines is 1. The molecule has 0 atom stereocenters. The Morgan fingerprint density at radius 1 is 1.22 bits per heavy atom. The fourth-order valence-corrected chi connectivity index (χ4v) is 2.64. The number of nitrogens with zero attached hydrogens (tertiary/aromatic N) is 2. The molecule has 2 N–H and O–H groups in total. The number of urea groups is 1. The van der Waals surface area contributed by atoms with Gasteiger partial charge in [-0.1, -0.05) is 12.1 Å². The van der Waals surface area contributed by atoms with Crippen LogP contribution in [-0.2, 0) is 5.41 Å². The van der Waals surface area contributed by atoms with Gasteiger partial charge in [0.15, 0.2) is 0 Å². The normalized spacial score (nSPS) is 21.6. The van der Waals surface area contributed by atoms with Crippen molar-refractivity contribution < 1.29 is 4.79 Å². The monoisotopic (exact) mass is 245 g/mol. The number of rotatable bonds is 3. The average molecular weight is 245 g/mol. The summed E-state index contributed by atoms with van der Waals surface area (Å²) < 4.78 is 0. The highest BCUT2D eigenvalue weighted by atomic mass is 16.2. The Morgan fingerprint density at radius 2 is 1.89 bits per heavy atom. The maximum atomic E-state index is 11.9. The van der Waals surface area contributed by atoms with Crippen LogP contribution < -0.4 is 10.6 Å². The number of amides is 2. The van der Waals surface area contributed by atoms with Crippen molar-refractivity contribution in [3.05, 3.63) is 29.8 Å². The van der Waals surface area contributed by atoms with Gasteiger partial charge in [-0.3, -0.25) is 4.90 Å². The zero-order valence-electron chi connectivity index (χ0n) is 10.7. The first-order valence-corrected chi connectivity index (χ1v) is 6.49. The second-order valence-corrected chi connectivity index (χ2v) is 5.39. The summed E-state index contributed by atoms with van der Waals surface area (Å²) in [5.41, 5.74) is 8.36. The van der Waals surface area contributed by atoms with Crippen LogP contribution in [0.25, 0.3) is 0 Å². The first-order valence-electron chi connectivity index (χ1n) is 6.49. The third-order valence-electron chi connectivity index (χ3n) is 4.25. The first kappa shape index (κ1) is 11.5. The zero-order valence-corrected chi connectivity index (χ0v) is 10.7. The fraction of sp³-hybridized carbons (Fsp3) is 0.500. The number of hydrogen-bond acceptors (Lipinski definition) is 2. The smallest absolute Gasteiger partial charge is 0.324 e. The quantitative estimate of drug-likeness (QED) is 0.878. The highest BCUT2D eigenvalue weighted by molar-refractivity contribution is 5.93. The van der Waals surface area contributed by atoms with E-state index in [1.165, 1.54) is 18.4 Å². The van der Waals surface area contributed by atoms with Gasteiger partial charge < -0.3 is 10.6 Å². The van der Waals surface area contributed by atoms with Crippen LogP contribution in [-0.4, -0.2) is 37.6 Å². The maximum absolute atomic E-state index is 11.9. The number of likely N-dealkylation sites (N-methyl/N-ethyl adjacent to an activating group) is 1. The number of carbonyl (C=O) groups excluding carboxylic acids is 1. The van der Waals surface area contributed by atoms with Crippen molar-refractivity contribution in [1.29, 1.82) is 0 Å². The molecule has 1 aromatic carbocycles. The largest absolute Gasteiger partial charge is 0.330 e. The third kappa shape index (κ3) is 1.68. The molecule has 0 bridgehead atoms. The highest BCUT2D eigenvalue weighted by Gasteiger charge is 2.42. The predicted molar refractivity (Wildman–Crippen MR) is 71.8 cm³/mol. The van der Waals surface area contributed by atoms with Gasteiger partial charge in [-0.15, -0.1) is 0 Å². The molecule has 1 heterocycles. The van der Waals surface area contributed by atoms with Gasteiger partial charge in [-0.2, -0.15) is 0 Å². The lowest BCUT2D eigenvalue weighted by Gasteiger charge is -2.18. The summed E-state index contributed by atoms with van der Waals surface area (Å²) in [4.78, 5) is 15.5. The van der Waals surface area contributed by atoms with Gasteiger partial charge in [-0.25, -0.2) is 4.79 Å². The van der Waals surface area contributed by atoms with Gasteiger partial charge in [0.2, 0.25) is 0 Å². The molecule has 0 unspecified atom stereocenters.